The molecule has 2 N–H and O–H groups in total. The van der Waals surface area contributed by atoms with Crippen molar-refractivity contribution >= 4 is 23.2 Å². The molecule has 1 aliphatic rings. The number of rotatable bonds is 2. The second-order valence-electron chi connectivity index (χ2n) is 5.20. The highest BCUT2D eigenvalue weighted by atomic mass is 35.5. The minimum absolute atomic E-state index is 0.0175. The molecule has 0 saturated heterocycles. The number of halogens is 2. The molecule has 0 heterocycles. The molecule has 3 heteroatoms. The first-order valence-corrected chi connectivity index (χ1v) is 7.04. The third-order valence-corrected chi connectivity index (χ3v) is 4.66. The van der Waals surface area contributed by atoms with Gasteiger partial charge in [-0.05, 0) is 36.3 Å². The van der Waals surface area contributed by atoms with Crippen LogP contribution >= 0.6 is 23.2 Å². The molecule has 1 aromatic rings. The second kappa shape index (κ2) is 5.60. The van der Waals surface area contributed by atoms with Crippen LogP contribution in [-0.4, -0.2) is 0 Å². The molecular formula is C14H19Cl2N. The van der Waals surface area contributed by atoms with Crippen molar-refractivity contribution < 1.29 is 0 Å². The fourth-order valence-corrected chi connectivity index (χ4v) is 3.27. The van der Waals surface area contributed by atoms with Gasteiger partial charge in [0, 0.05) is 6.04 Å². The van der Waals surface area contributed by atoms with Gasteiger partial charge in [-0.15, -0.1) is 0 Å². The van der Waals surface area contributed by atoms with Crippen LogP contribution in [0.2, 0.25) is 10.0 Å². The normalized spacial score (nSPS) is 26.8. The Morgan fingerprint density at radius 2 is 2.06 bits per heavy atom. The summed E-state index contributed by atoms with van der Waals surface area (Å²) >= 11 is 12.3. The van der Waals surface area contributed by atoms with Crippen LogP contribution in [0.25, 0.3) is 0 Å². The summed E-state index contributed by atoms with van der Waals surface area (Å²) in [7, 11) is 0. The summed E-state index contributed by atoms with van der Waals surface area (Å²) in [5.74, 6) is 1.31. The number of hydrogen-bond acceptors (Lipinski definition) is 1. The number of nitrogens with two attached hydrogens (primary N) is 1. The van der Waals surface area contributed by atoms with Crippen molar-refractivity contribution in [3.8, 4) is 0 Å². The Morgan fingerprint density at radius 1 is 1.29 bits per heavy atom. The van der Waals surface area contributed by atoms with E-state index in [4.69, 9.17) is 28.9 Å². The highest BCUT2D eigenvalue weighted by Gasteiger charge is 2.26. The smallest absolute Gasteiger partial charge is 0.0640 e. The van der Waals surface area contributed by atoms with Gasteiger partial charge >= 0.3 is 0 Å². The number of hydrogen-bond donors (Lipinski definition) is 1. The van der Waals surface area contributed by atoms with E-state index in [0.717, 1.165) is 11.5 Å². The third kappa shape index (κ3) is 2.96. The molecule has 0 aliphatic heterocycles. The predicted molar refractivity (Wildman–Crippen MR) is 74.5 cm³/mol. The maximum Gasteiger partial charge on any atom is 0.0640 e. The van der Waals surface area contributed by atoms with E-state index >= 15 is 0 Å². The Hall–Kier alpha value is -0.240. The summed E-state index contributed by atoms with van der Waals surface area (Å²) in [5.41, 5.74) is 7.36. The van der Waals surface area contributed by atoms with E-state index in [1.54, 1.807) is 0 Å². The Balaban J connectivity index is 2.18. The van der Waals surface area contributed by atoms with Gasteiger partial charge in [0.05, 0.1) is 10.0 Å². The Labute approximate surface area is 113 Å². The quantitative estimate of drug-likeness (QED) is 0.820. The molecule has 1 aliphatic carbocycles. The fraction of sp³-hybridized carbons (Fsp3) is 0.571. The highest BCUT2D eigenvalue weighted by molar-refractivity contribution is 6.42. The molecular weight excluding hydrogens is 253 g/mol. The van der Waals surface area contributed by atoms with Crippen molar-refractivity contribution in [3.63, 3.8) is 0 Å². The molecule has 3 atom stereocenters. The lowest BCUT2D eigenvalue weighted by atomic mass is 9.77. The van der Waals surface area contributed by atoms with E-state index in [1.807, 2.05) is 18.2 Å². The van der Waals surface area contributed by atoms with Gasteiger partial charge < -0.3 is 5.73 Å². The summed E-state index contributed by atoms with van der Waals surface area (Å²) in [6.07, 6.45) is 5.00. The fourth-order valence-electron chi connectivity index (χ4n) is 2.84. The van der Waals surface area contributed by atoms with Crippen LogP contribution in [0.3, 0.4) is 0 Å². The molecule has 3 unspecified atom stereocenters. The van der Waals surface area contributed by atoms with E-state index in [9.17, 15) is 0 Å². The van der Waals surface area contributed by atoms with Crippen molar-refractivity contribution in [2.45, 2.75) is 38.6 Å². The van der Waals surface area contributed by atoms with E-state index in [1.165, 1.54) is 25.7 Å². The van der Waals surface area contributed by atoms with Gasteiger partial charge in [0.1, 0.15) is 0 Å². The first-order valence-electron chi connectivity index (χ1n) is 6.29. The summed E-state index contributed by atoms with van der Waals surface area (Å²) in [5, 5.41) is 1.23. The first-order chi connectivity index (χ1) is 8.09. The molecule has 1 saturated carbocycles. The first kappa shape index (κ1) is 13.2. The molecule has 0 amide bonds. The predicted octanol–water partition coefficient (Wildman–Crippen LogP) is 4.82. The Kier molecular flexibility index (Phi) is 4.35. The summed E-state index contributed by atoms with van der Waals surface area (Å²) < 4.78 is 0. The van der Waals surface area contributed by atoms with E-state index < -0.39 is 0 Å². The van der Waals surface area contributed by atoms with Gasteiger partial charge in [0.2, 0.25) is 0 Å². The molecule has 0 bridgehead atoms. The average molecular weight is 272 g/mol. The van der Waals surface area contributed by atoms with Crippen LogP contribution in [0.4, 0.5) is 0 Å². The van der Waals surface area contributed by atoms with E-state index in [-0.39, 0.29) is 6.04 Å². The SMILES string of the molecule is CC1CCCC(C(N)c2cccc(Cl)c2Cl)C1. The summed E-state index contributed by atoms with van der Waals surface area (Å²) in [6, 6.07) is 5.75. The van der Waals surface area contributed by atoms with Gasteiger partial charge in [-0.3, -0.25) is 0 Å². The summed E-state index contributed by atoms with van der Waals surface area (Å²) in [4.78, 5) is 0. The monoisotopic (exact) mass is 271 g/mol. The highest BCUT2D eigenvalue weighted by Crippen LogP contribution is 2.39. The Morgan fingerprint density at radius 3 is 2.76 bits per heavy atom. The second-order valence-corrected chi connectivity index (χ2v) is 5.99. The molecule has 2 rings (SSSR count). The van der Waals surface area contributed by atoms with E-state index in [2.05, 4.69) is 6.92 Å². The van der Waals surface area contributed by atoms with Crippen molar-refractivity contribution in [1.82, 2.24) is 0 Å². The van der Waals surface area contributed by atoms with Crippen LogP contribution in [0.15, 0.2) is 18.2 Å². The van der Waals surface area contributed by atoms with Gasteiger partial charge in [-0.2, -0.15) is 0 Å². The zero-order chi connectivity index (χ0) is 12.4. The largest absolute Gasteiger partial charge is 0.324 e. The lowest BCUT2D eigenvalue weighted by Crippen LogP contribution is -2.26. The van der Waals surface area contributed by atoms with Crippen molar-refractivity contribution in [3.05, 3.63) is 33.8 Å². The Bertz CT molecular complexity index is 392. The van der Waals surface area contributed by atoms with Crippen LogP contribution in [-0.2, 0) is 0 Å². The molecule has 0 aromatic heterocycles. The average Bonchev–Trinajstić information content (AvgIpc) is 2.32. The molecule has 17 heavy (non-hydrogen) atoms. The molecule has 1 nitrogen and oxygen atoms in total. The lowest BCUT2D eigenvalue weighted by Gasteiger charge is -2.31. The van der Waals surface area contributed by atoms with Crippen LogP contribution in [0.1, 0.15) is 44.2 Å². The maximum absolute atomic E-state index is 6.36. The zero-order valence-electron chi connectivity index (χ0n) is 10.1. The zero-order valence-corrected chi connectivity index (χ0v) is 11.6. The van der Waals surface area contributed by atoms with Crippen LogP contribution in [0.5, 0.6) is 0 Å². The molecule has 0 radical (unpaired) electrons. The maximum atomic E-state index is 6.36. The van der Waals surface area contributed by atoms with Crippen LogP contribution in [0, 0.1) is 11.8 Å². The molecule has 0 spiro atoms. The van der Waals surface area contributed by atoms with Gasteiger partial charge in [0.25, 0.3) is 0 Å². The van der Waals surface area contributed by atoms with Gasteiger partial charge in [-0.25, -0.2) is 0 Å². The van der Waals surface area contributed by atoms with Crippen LogP contribution < -0.4 is 5.73 Å². The lowest BCUT2D eigenvalue weighted by molar-refractivity contribution is 0.248. The van der Waals surface area contributed by atoms with Crippen molar-refractivity contribution in [1.29, 1.82) is 0 Å². The minimum atomic E-state index is 0.0175. The topological polar surface area (TPSA) is 26.0 Å². The summed E-state index contributed by atoms with van der Waals surface area (Å²) in [6.45, 7) is 2.30. The minimum Gasteiger partial charge on any atom is -0.324 e. The van der Waals surface area contributed by atoms with Gasteiger partial charge in [0.15, 0.2) is 0 Å². The standard InChI is InChI=1S/C14H19Cl2N/c1-9-4-2-5-10(8-9)14(17)11-6-3-7-12(15)13(11)16/h3,6-7,9-10,14H,2,4-5,8,17H2,1H3. The number of benzene rings is 1. The molecule has 1 fully saturated rings. The van der Waals surface area contributed by atoms with Crippen molar-refractivity contribution in [2.75, 3.05) is 0 Å². The van der Waals surface area contributed by atoms with Gasteiger partial charge in [-0.1, -0.05) is 55.1 Å². The van der Waals surface area contributed by atoms with Crippen molar-refractivity contribution in [2.24, 2.45) is 17.6 Å². The van der Waals surface area contributed by atoms with E-state index in [0.29, 0.717) is 16.0 Å². The molecule has 1 aromatic carbocycles. The third-order valence-electron chi connectivity index (χ3n) is 3.83. The molecule has 94 valence electrons.